The molecule has 0 unspecified atom stereocenters. The van der Waals surface area contributed by atoms with Gasteiger partial charge in [-0.25, -0.2) is 0 Å². The van der Waals surface area contributed by atoms with Gasteiger partial charge in [-0.05, 0) is 74.1 Å². The number of nitrogens with two attached hydrogens (primary N) is 1. The van der Waals surface area contributed by atoms with Crippen LogP contribution in [-0.4, -0.2) is 19.0 Å². The standard InChI is InChI=1S/C17H24N2O/c18-9-8-12-2-1-3-15(10-12)17(20)19-11-16(13-4-5-13)14-6-7-14/h1-3,10,13-14,16H,4-9,11,18H2,(H,19,20). The van der Waals surface area contributed by atoms with Crippen LogP contribution in [-0.2, 0) is 6.42 Å². The van der Waals surface area contributed by atoms with Crippen LogP contribution in [0.25, 0.3) is 0 Å². The summed E-state index contributed by atoms with van der Waals surface area (Å²) in [4.78, 5) is 12.2. The predicted octanol–water partition coefficient (Wildman–Crippen LogP) is 2.35. The first-order valence-corrected chi connectivity index (χ1v) is 7.85. The number of amides is 1. The molecule has 0 saturated heterocycles. The van der Waals surface area contributed by atoms with Crippen molar-refractivity contribution < 1.29 is 4.79 Å². The Labute approximate surface area is 120 Å². The second kappa shape index (κ2) is 5.96. The minimum absolute atomic E-state index is 0.0650. The normalized spacial score (nSPS) is 18.3. The lowest BCUT2D eigenvalue weighted by Gasteiger charge is -2.16. The third kappa shape index (κ3) is 3.40. The van der Waals surface area contributed by atoms with Crippen LogP contribution in [0.2, 0.25) is 0 Å². The van der Waals surface area contributed by atoms with Gasteiger partial charge in [0.15, 0.2) is 0 Å². The van der Waals surface area contributed by atoms with Crippen LogP contribution in [0.1, 0.15) is 41.6 Å². The highest BCUT2D eigenvalue weighted by molar-refractivity contribution is 5.94. The maximum absolute atomic E-state index is 12.2. The van der Waals surface area contributed by atoms with E-state index in [9.17, 15) is 4.79 Å². The highest BCUT2D eigenvalue weighted by atomic mass is 16.1. The maximum Gasteiger partial charge on any atom is 0.251 e. The average molecular weight is 272 g/mol. The van der Waals surface area contributed by atoms with E-state index in [1.807, 2.05) is 24.3 Å². The van der Waals surface area contributed by atoms with Crippen LogP contribution in [0.3, 0.4) is 0 Å². The van der Waals surface area contributed by atoms with E-state index in [-0.39, 0.29) is 5.91 Å². The van der Waals surface area contributed by atoms with Crippen molar-refractivity contribution in [3.05, 3.63) is 35.4 Å². The fraction of sp³-hybridized carbons (Fsp3) is 0.588. The topological polar surface area (TPSA) is 55.1 Å². The molecule has 0 heterocycles. The van der Waals surface area contributed by atoms with E-state index in [0.29, 0.717) is 6.54 Å². The molecule has 3 nitrogen and oxygen atoms in total. The molecule has 2 aliphatic rings. The van der Waals surface area contributed by atoms with Gasteiger partial charge in [-0.1, -0.05) is 12.1 Å². The Kier molecular flexibility index (Phi) is 4.06. The van der Waals surface area contributed by atoms with Crippen molar-refractivity contribution in [2.24, 2.45) is 23.5 Å². The van der Waals surface area contributed by atoms with E-state index in [1.54, 1.807) is 0 Å². The number of benzene rings is 1. The van der Waals surface area contributed by atoms with Gasteiger partial charge in [0.2, 0.25) is 0 Å². The van der Waals surface area contributed by atoms with Gasteiger partial charge >= 0.3 is 0 Å². The molecule has 0 aliphatic heterocycles. The number of hydrogen-bond acceptors (Lipinski definition) is 2. The summed E-state index contributed by atoms with van der Waals surface area (Å²) in [6.07, 6.45) is 6.28. The second-order valence-electron chi connectivity index (χ2n) is 6.29. The van der Waals surface area contributed by atoms with Gasteiger partial charge in [0, 0.05) is 12.1 Å². The van der Waals surface area contributed by atoms with Gasteiger partial charge in [-0.2, -0.15) is 0 Å². The van der Waals surface area contributed by atoms with Crippen LogP contribution in [0.5, 0.6) is 0 Å². The summed E-state index contributed by atoms with van der Waals surface area (Å²) in [7, 11) is 0. The Morgan fingerprint density at radius 1 is 1.25 bits per heavy atom. The molecule has 3 heteroatoms. The van der Waals surface area contributed by atoms with Gasteiger partial charge in [0.05, 0.1) is 0 Å². The number of hydrogen-bond donors (Lipinski definition) is 2. The van der Waals surface area contributed by atoms with Gasteiger partial charge in [-0.3, -0.25) is 4.79 Å². The quantitative estimate of drug-likeness (QED) is 0.800. The summed E-state index contributed by atoms with van der Waals surface area (Å²) >= 11 is 0. The molecule has 0 aromatic heterocycles. The molecule has 108 valence electrons. The van der Waals surface area contributed by atoms with Crippen LogP contribution in [0, 0.1) is 17.8 Å². The van der Waals surface area contributed by atoms with Crippen molar-refractivity contribution in [2.45, 2.75) is 32.1 Å². The van der Waals surface area contributed by atoms with Gasteiger partial charge in [0.25, 0.3) is 5.91 Å². The molecule has 0 atom stereocenters. The van der Waals surface area contributed by atoms with Crippen molar-refractivity contribution >= 4 is 5.91 Å². The summed E-state index contributed by atoms with van der Waals surface area (Å²) < 4.78 is 0. The van der Waals surface area contributed by atoms with E-state index in [1.165, 1.54) is 25.7 Å². The van der Waals surface area contributed by atoms with E-state index in [0.717, 1.165) is 41.8 Å². The Morgan fingerprint density at radius 2 is 1.95 bits per heavy atom. The molecule has 0 spiro atoms. The van der Waals surface area contributed by atoms with Gasteiger partial charge in [0.1, 0.15) is 0 Å². The first kappa shape index (κ1) is 13.6. The first-order valence-electron chi connectivity index (χ1n) is 7.85. The molecular weight excluding hydrogens is 248 g/mol. The van der Waals surface area contributed by atoms with Crippen molar-refractivity contribution in [1.82, 2.24) is 5.32 Å². The van der Waals surface area contributed by atoms with E-state index >= 15 is 0 Å². The molecule has 2 saturated carbocycles. The van der Waals surface area contributed by atoms with Crippen molar-refractivity contribution in [1.29, 1.82) is 0 Å². The fourth-order valence-electron chi connectivity index (χ4n) is 3.11. The Morgan fingerprint density at radius 3 is 2.55 bits per heavy atom. The molecule has 3 N–H and O–H groups in total. The molecule has 1 aromatic rings. The van der Waals surface area contributed by atoms with Crippen LogP contribution in [0.4, 0.5) is 0 Å². The number of rotatable bonds is 7. The Bertz CT molecular complexity index is 466. The zero-order valence-corrected chi connectivity index (χ0v) is 12.0. The third-order valence-electron chi connectivity index (χ3n) is 4.58. The lowest BCUT2D eigenvalue weighted by Crippen LogP contribution is -2.31. The molecule has 1 amide bonds. The zero-order chi connectivity index (χ0) is 13.9. The fourth-order valence-corrected chi connectivity index (χ4v) is 3.11. The largest absolute Gasteiger partial charge is 0.352 e. The zero-order valence-electron chi connectivity index (χ0n) is 12.0. The molecule has 2 aliphatic carbocycles. The number of carbonyl (C=O) groups is 1. The molecule has 0 bridgehead atoms. The first-order chi connectivity index (χ1) is 9.78. The van der Waals surface area contributed by atoms with Crippen LogP contribution >= 0.6 is 0 Å². The second-order valence-corrected chi connectivity index (χ2v) is 6.29. The Hall–Kier alpha value is -1.35. The van der Waals surface area contributed by atoms with Crippen molar-refractivity contribution in [2.75, 3.05) is 13.1 Å². The third-order valence-corrected chi connectivity index (χ3v) is 4.58. The molecule has 0 radical (unpaired) electrons. The van der Waals surface area contributed by atoms with Crippen LogP contribution < -0.4 is 11.1 Å². The molecule has 2 fully saturated rings. The summed E-state index contributed by atoms with van der Waals surface area (Å²) in [6, 6.07) is 7.82. The van der Waals surface area contributed by atoms with E-state index < -0.39 is 0 Å². The average Bonchev–Trinajstić information content (AvgIpc) is 3.33. The Balaban J connectivity index is 1.56. The highest BCUT2D eigenvalue weighted by Gasteiger charge is 2.41. The molecule has 20 heavy (non-hydrogen) atoms. The SMILES string of the molecule is NCCc1cccc(C(=O)NCC(C2CC2)C2CC2)c1. The molecule has 3 rings (SSSR count). The van der Waals surface area contributed by atoms with Gasteiger partial charge in [-0.15, -0.1) is 0 Å². The lowest BCUT2D eigenvalue weighted by atomic mass is 9.98. The highest BCUT2D eigenvalue weighted by Crippen LogP contribution is 2.48. The predicted molar refractivity (Wildman–Crippen MR) is 80.5 cm³/mol. The lowest BCUT2D eigenvalue weighted by molar-refractivity contribution is 0.0943. The smallest absolute Gasteiger partial charge is 0.251 e. The minimum Gasteiger partial charge on any atom is -0.352 e. The summed E-state index contributed by atoms with van der Waals surface area (Å²) in [5.41, 5.74) is 7.47. The summed E-state index contributed by atoms with van der Waals surface area (Å²) in [5, 5.41) is 3.14. The van der Waals surface area contributed by atoms with Gasteiger partial charge < -0.3 is 11.1 Å². The molecule has 1 aromatic carbocycles. The summed E-state index contributed by atoms with van der Waals surface area (Å²) in [5.74, 6) is 2.55. The number of carbonyl (C=O) groups excluding carboxylic acids is 1. The minimum atomic E-state index is 0.0650. The van der Waals surface area contributed by atoms with Crippen molar-refractivity contribution in [3.8, 4) is 0 Å². The number of nitrogens with one attached hydrogen (secondary N) is 1. The maximum atomic E-state index is 12.2. The van der Waals surface area contributed by atoms with E-state index in [4.69, 9.17) is 5.73 Å². The molecular formula is C17H24N2O. The van der Waals surface area contributed by atoms with E-state index in [2.05, 4.69) is 5.32 Å². The van der Waals surface area contributed by atoms with Crippen molar-refractivity contribution in [3.63, 3.8) is 0 Å². The summed E-state index contributed by atoms with van der Waals surface area (Å²) in [6.45, 7) is 1.48. The monoisotopic (exact) mass is 272 g/mol. The van der Waals surface area contributed by atoms with Crippen LogP contribution in [0.15, 0.2) is 24.3 Å².